The molecule has 0 fully saturated rings. The highest BCUT2D eigenvalue weighted by Crippen LogP contribution is 2.25. The molecule has 0 spiro atoms. The summed E-state index contributed by atoms with van der Waals surface area (Å²) in [6.07, 6.45) is 1.29. The molecule has 0 radical (unpaired) electrons. The van der Waals surface area contributed by atoms with Crippen LogP contribution in [0.4, 0.5) is 11.4 Å². The molecule has 2 N–H and O–H groups in total. The Hall–Kier alpha value is -3.00. The van der Waals surface area contributed by atoms with Crippen molar-refractivity contribution in [2.24, 2.45) is 5.41 Å². The largest absolute Gasteiger partial charge is 0.493 e. The van der Waals surface area contributed by atoms with Crippen molar-refractivity contribution in [1.29, 1.82) is 0 Å². The Morgan fingerprint density at radius 1 is 1.20 bits per heavy atom. The number of nitro groups is 1. The van der Waals surface area contributed by atoms with Crippen LogP contribution in [0.15, 0.2) is 42.5 Å². The molecule has 2 aromatic rings. The molecule has 2 aromatic carbocycles. The molecular weight excluding hydrogens is 402 g/mol. The van der Waals surface area contributed by atoms with Crippen LogP contribution in [0.2, 0.25) is 0 Å². The number of anilines is 1. The molecule has 160 valence electrons. The van der Waals surface area contributed by atoms with Crippen LogP contribution in [0.1, 0.15) is 37.8 Å². The molecule has 1 amide bonds. The van der Waals surface area contributed by atoms with E-state index in [1.165, 1.54) is 12.1 Å². The first-order valence-corrected chi connectivity index (χ1v) is 10.1. The molecule has 0 aliphatic rings. The number of hydrogen-bond donors (Lipinski definition) is 2. The van der Waals surface area contributed by atoms with Crippen molar-refractivity contribution < 1.29 is 14.5 Å². The van der Waals surface area contributed by atoms with Gasteiger partial charge in [0, 0.05) is 11.5 Å². The summed E-state index contributed by atoms with van der Waals surface area (Å²) in [4.78, 5) is 23.2. The third-order valence-electron chi connectivity index (χ3n) is 4.74. The fourth-order valence-electron chi connectivity index (χ4n) is 2.84. The Kier molecular flexibility index (Phi) is 7.88. The van der Waals surface area contributed by atoms with Gasteiger partial charge in [-0.1, -0.05) is 38.1 Å². The number of nitro benzene ring substituents is 1. The number of benzene rings is 2. The number of carbonyl (C=O) groups is 1. The summed E-state index contributed by atoms with van der Waals surface area (Å²) in [5, 5.41) is 16.5. The molecule has 0 aromatic heterocycles. The number of rotatable bonds is 8. The zero-order chi connectivity index (χ0) is 22.3. The van der Waals surface area contributed by atoms with Gasteiger partial charge in [-0.05, 0) is 62.2 Å². The van der Waals surface area contributed by atoms with Crippen molar-refractivity contribution >= 4 is 34.6 Å². The molecule has 0 unspecified atom stereocenters. The Balaban J connectivity index is 1.85. The van der Waals surface area contributed by atoms with Crippen LogP contribution in [0.5, 0.6) is 5.75 Å². The standard InChI is InChI=1S/C22H27N3O4S/c1-15-10-11-16(2)19(14-15)29-13-7-12-22(3,4)20(26)24-21(30)23-17-8-5-6-9-18(17)25(27)28/h5-6,8-11,14H,7,12-13H2,1-4H3,(H2,23,24,26,30). The Morgan fingerprint density at radius 2 is 1.90 bits per heavy atom. The first-order valence-electron chi connectivity index (χ1n) is 9.66. The lowest BCUT2D eigenvalue weighted by Crippen LogP contribution is -2.42. The van der Waals surface area contributed by atoms with E-state index < -0.39 is 10.3 Å². The Bertz CT molecular complexity index is 944. The van der Waals surface area contributed by atoms with Crippen molar-refractivity contribution in [1.82, 2.24) is 5.32 Å². The topological polar surface area (TPSA) is 93.5 Å². The molecule has 2 rings (SSSR count). The lowest BCUT2D eigenvalue weighted by atomic mass is 9.87. The number of hydrogen-bond acceptors (Lipinski definition) is 5. The zero-order valence-electron chi connectivity index (χ0n) is 17.7. The summed E-state index contributed by atoms with van der Waals surface area (Å²) in [5.41, 5.74) is 1.64. The van der Waals surface area contributed by atoms with Gasteiger partial charge >= 0.3 is 0 Å². The molecule has 0 aliphatic heterocycles. The van der Waals surface area contributed by atoms with Gasteiger partial charge < -0.3 is 15.4 Å². The lowest BCUT2D eigenvalue weighted by Gasteiger charge is -2.24. The predicted molar refractivity (Wildman–Crippen MR) is 122 cm³/mol. The molecule has 0 saturated carbocycles. The number of nitrogens with zero attached hydrogens (tertiary/aromatic N) is 1. The van der Waals surface area contributed by atoms with Crippen LogP contribution in [0.25, 0.3) is 0 Å². The number of amides is 1. The van der Waals surface area contributed by atoms with Gasteiger partial charge in [-0.2, -0.15) is 0 Å². The molecule has 0 atom stereocenters. The van der Waals surface area contributed by atoms with Crippen LogP contribution in [-0.2, 0) is 4.79 Å². The number of ether oxygens (including phenoxy) is 1. The lowest BCUT2D eigenvalue weighted by molar-refractivity contribution is -0.383. The highest BCUT2D eigenvalue weighted by Gasteiger charge is 2.28. The third kappa shape index (κ3) is 6.52. The highest BCUT2D eigenvalue weighted by atomic mass is 32.1. The Labute approximate surface area is 182 Å². The summed E-state index contributed by atoms with van der Waals surface area (Å²) >= 11 is 5.16. The minimum Gasteiger partial charge on any atom is -0.493 e. The second-order valence-electron chi connectivity index (χ2n) is 7.79. The fourth-order valence-corrected chi connectivity index (χ4v) is 3.04. The van der Waals surface area contributed by atoms with Crippen LogP contribution in [0, 0.1) is 29.4 Å². The highest BCUT2D eigenvalue weighted by molar-refractivity contribution is 7.80. The van der Waals surface area contributed by atoms with Gasteiger partial charge in [0.1, 0.15) is 11.4 Å². The summed E-state index contributed by atoms with van der Waals surface area (Å²) in [6, 6.07) is 12.2. The Morgan fingerprint density at radius 3 is 2.60 bits per heavy atom. The number of nitrogens with one attached hydrogen (secondary N) is 2. The first-order chi connectivity index (χ1) is 14.1. The maximum Gasteiger partial charge on any atom is 0.292 e. The summed E-state index contributed by atoms with van der Waals surface area (Å²) in [7, 11) is 0. The van der Waals surface area contributed by atoms with Crippen LogP contribution >= 0.6 is 12.2 Å². The van der Waals surface area contributed by atoms with E-state index in [2.05, 4.69) is 10.6 Å². The van der Waals surface area contributed by atoms with Crippen molar-refractivity contribution in [2.75, 3.05) is 11.9 Å². The summed E-state index contributed by atoms with van der Waals surface area (Å²) in [5.74, 6) is 0.595. The minimum atomic E-state index is -0.681. The van der Waals surface area contributed by atoms with Crippen molar-refractivity contribution in [3.63, 3.8) is 0 Å². The van der Waals surface area contributed by atoms with E-state index in [-0.39, 0.29) is 22.4 Å². The van der Waals surface area contributed by atoms with Crippen LogP contribution in [0.3, 0.4) is 0 Å². The maximum atomic E-state index is 12.6. The quantitative estimate of drug-likeness (QED) is 0.268. The second kappa shape index (κ2) is 10.2. The molecule has 0 saturated heterocycles. The smallest absolute Gasteiger partial charge is 0.292 e. The predicted octanol–water partition coefficient (Wildman–Crippen LogP) is 4.91. The average molecular weight is 430 g/mol. The number of para-hydroxylation sites is 2. The minimum absolute atomic E-state index is 0.0222. The van der Waals surface area contributed by atoms with Gasteiger partial charge in [0.15, 0.2) is 5.11 Å². The van der Waals surface area contributed by atoms with E-state index in [1.54, 1.807) is 12.1 Å². The maximum absolute atomic E-state index is 12.6. The number of aryl methyl sites for hydroxylation is 2. The molecular formula is C22H27N3O4S. The van der Waals surface area contributed by atoms with Crippen molar-refractivity contribution in [3.8, 4) is 5.75 Å². The summed E-state index contributed by atoms with van der Waals surface area (Å²) < 4.78 is 5.85. The van der Waals surface area contributed by atoms with E-state index in [0.717, 1.165) is 16.9 Å². The van der Waals surface area contributed by atoms with Crippen LogP contribution < -0.4 is 15.4 Å². The van der Waals surface area contributed by atoms with Gasteiger partial charge in [0.2, 0.25) is 5.91 Å². The summed E-state index contributed by atoms with van der Waals surface area (Å²) in [6.45, 7) is 8.17. The van der Waals surface area contributed by atoms with E-state index in [9.17, 15) is 14.9 Å². The van der Waals surface area contributed by atoms with E-state index in [4.69, 9.17) is 17.0 Å². The molecule has 30 heavy (non-hydrogen) atoms. The second-order valence-corrected chi connectivity index (χ2v) is 8.20. The van der Waals surface area contributed by atoms with Crippen LogP contribution in [-0.4, -0.2) is 22.5 Å². The van der Waals surface area contributed by atoms with Gasteiger partial charge in [-0.3, -0.25) is 14.9 Å². The van der Waals surface area contributed by atoms with Gasteiger partial charge in [-0.15, -0.1) is 0 Å². The van der Waals surface area contributed by atoms with Crippen molar-refractivity contribution in [3.05, 3.63) is 63.7 Å². The van der Waals surface area contributed by atoms with E-state index in [0.29, 0.717) is 19.4 Å². The molecule has 8 heteroatoms. The van der Waals surface area contributed by atoms with Gasteiger partial charge in [0.05, 0.1) is 11.5 Å². The molecule has 0 bridgehead atoms. The SMILES string of the molecule is Cc1ccc(C)c(OCCCC(C)(C)C(=O)NC(=S)Nc2ccccc2[N+](=O)[O-])c1. The first kappa shape index (κ1) is 23.3. The van der Waals surface area contributed by atoms with E-state index >= 15 is 0 Å². The number of thiocarbonyl (C=S) groups is 1. The molecule has 0 heterocycles. The van der Waals surface area contributed by atoms with Crippen molar-refractivity contribution in [2.45, 2.75) is 40.5 Å². The zero-order valence-corrected chi connectivity index (χ0v) is 18.5. The van der Waals surface area contributed by atoms with Gasteiger partial charge in [-0.25, -0.2) is 0 Å². The number of carbonyl (C=O) groups excluding carboxylic acids is 1. The third-order valence-corrected chi connectivity index (χ3v) is 4.94. The average Bonchev–Trinajstić information content (AvgIpc) is 2.67. The fraction of sp³-hybridized carbons (Fsp3) is 0.364. The van der Waals surface area contributed by atoms with Gasteiger partial charge in [0.25, 0.3) is 5.69 Å². The molecule has 7 nitrogen and oxygen atoms in total. The monoisotopic (exact) mass is 429 g/mol. The molecule has 0 aliphatic carbocycles. The normalized spacial score (nSPS) is 10.9. The van der Waals surface area contributed by atoms with E-state index in [1.807, 2.05) is 45.9 Å².